The molecule has 0 aliphatic carbocycles. The third-order valence-corrected chi connectivity index (χ3v) is 5.78. The first kappa shape index (κ1) is 17.5. The van der Waals surface area contributed by atoms with E-state index in [1.807, 2.05) is 0 Å². The lowest BCUT2D eigenvalue weighted by Gasteiger charge is -2.26. The third kappa shape index (κ3) is 4.31. The number of Topliss-reactive ketones (excluding diaryl/α,β-unsaturated/α-hetero) is 1. The summed E-state index contributed by atoms with van der Waals surface area (Å²) >= 11 is 0. The largest absolute Gasteiger partial charge is 0.481 e. The van der Waals surface area contributed by atoms with Gasteiger partial charge in [0.1, 0.15) is 5.75 Å². The van der Waals surface area contributed by atoms with E-state index >= 15 is 0 Å². The Morgan fingerprint density at radius 1 is 1.26 bits per heavy atom. The summed E-state index contributed by atoms with van der Waals surface area (Å²) in [7, 11) is -1.43. The highest BCUT2D eigenvalue weighted by atomic mass is 32.2. The average molecular weight is 339 g/mol. The molecule has 0 radical (unpaired) electrons. The Hall–Kier alpha value is -1.89. The van der Waals surface area contributed by atoms with Crippen molar-refractivity contribution < 1.29 is 22.7 Å². The number of benzene rings is 1. The molecule has 1 amide bonds. The number of ether oxygens (including phenoxy) is 1. The third-order valence-electron chi connectivity index (χ3n) is 4.03. The Labute approximate surface area is 136 Å². The van der Waals surface area contributed by atoms with Gasteiger partial charge in [-0.25, -0.2) is 8.42 Å². The van der Waals surface area contributed by atoms with Crippen molar-refractivity contribution in [2.75, 3.05) is 18.6 Å². The molecule has 0 unspecified atom stereocenters. The normalized spacial score (nSPS) is 20.7. The Kier molecular flexibility index (Phi) is 5.09. The van der Waals surface area contributed by atoms with Crippen molar-refractivity contribution in [1.29, 1.82) is 0 Å². The number of hydrogen-bond donors (Lipinski definition) is 0. The van der Waals surface area contributed by atoms with E-state index in [2.05, 4.69) is 0 Å². The van der Waals surface area contributed by atoms with Crippen LogP contribution < -0.4 is 4.74 Å². The minimum Gasteiger partial charge on any atom is -0.481 e. The number of carbonyl (C=O) groups is 2. The van der Waals surface area contributed by atoms with Gasteiger partial charge in [-0.1, -0.05) is 0 Å². The Bertz CT molecular complexity index is 696. The molecule has 7 heteroatoms. The molecule has 23 heavy (non-hydrogen) atoms. The van der Waals surface area contributed by atoms with Gasteiger partial charge in [-0.3, -0.25) is 9.59 Å². The molecule has 1 heterocycles. The maximum atomic E-state index is 12.4. The molecule has 0 N–H and O–H groups in total. The van der Waals surface area contributed by atoms with Crippen LogP contribution in [0.1, 0.15) is 30.6 Å². The zero-order valence-electron chi connectivity index (χ0n) is 13.5. The van der Waals surface area contributed by atoms with E-state index in [1.54, 1.807) is 38.2 Å². The van der Waals surface area contributed by atoms with Gasteiger partial charge >= 0.3 is 0 Å². The lowest BCUT2D eigenvalue weighted by Crippen LogP contribution is -2.44. The van der Waals surface area contributed by atoms with Crippen molar-refractivity contribution in [3.8, 4) is 5.75 Å². The van der Waals surface area contributed by atoms with Crippen LogP contribution in [0.15, 0.2) is 24.3 Å². The summed E-state index contributed by atoms with van der Waals surface area (Å²) in [5.74, 6) is 0.320. The van der Waals surface area contributed by atoms with Crippen LogP contribution in [0.4, 0.5) is 0 Å². The van der Waals surface area contributed by atoms with Crippen LogP contribution in [-0.4, -0.2) is 55.7 Å². The molecular formula is C16H21NO5S. The van der Waals surface area contributed by atoms with Crippen LogP contribution in [0.5, 0.6) is 5.75 Å². The number of sulfone groups is 1. The van der Waals surface area contributed by atoms with E-state index < -0.39 is 15.9 Å². The molecule has 6 nitrogen and oxygen atoms in total. The maximum absolute atomic E-state index is 12.4. The second-order valence-corrected chi connectivity index (χ2v) is 8.08. The van der Waals surface area contributed by atoms with Crippen LogP contribution in [0.2, 0.25) is 0 Å². The summed E-state index contributed by atoms with van der Waals surface area (Å²) in [5, 5.41) is 0. The fourth-order valence-corrected chi connectivity index (χ4v) is 4.34. The highest BCUT2D eigenvalue weighted by molar-refractivity contribution is 7.91. The topological polar surface area (TPSA) is 80.8 Å². The van der Waals surface area contributed by atoms with E-state index in [4.69, 9.17) is 4.74 Å². The molecule has 1 aromatic rings. The molecule has 1 aliphatic heterocycles. The smallest absolute Gasteiger partial charge is 0.263 e. The molecule has 0 saturated carbocycles. The van der Waals surface area contributed by atoms with Crippen molar-refractivity contribution in [3.63, 3.8) is 0 Å². The first-order chi connectivity index (χ1) is 10.7. The first-order valence-corrected chi connectivity index (χ1v) is 9.26. The van der Waals surface area contributed by atoms with Gasteiger partial charge in [0, 0.05) is 18.7 Å². The average Bonchev–Trinajstić information content (AvgIpc) is 2.86. The Morgan fingerprint density at radius 2 is 1.87 bits per heavy atom. The summed E-state index contributed by atoms with van der Waals surface area (Å²) < 4.78 is 28.6. The highest BCUT2D eigenvalue weighted by Gasteiger charge is 2.34. The predicted octanol–water partition coefficient (Wildman–Crippen LogP) is 1.30. The van der Waals surface area contributed by atoms with E-state index in [0.717, 1.165) is 0 Å². The quantitative estimate of drug-likeness (QED) is 0.756. The van der Waals surface area contributed by atoms with Gasteiger partial charge in [-0.15, -0.1) is 0 Å². The summed E-state index contributed by atoms with van der Waals surface area (Å²) in [6, 6.07) is 6.27. The van der Waals surface area contributed by atoms with E-state index in [-0.39, 0.29) is 29.2 Å². The number of likely N-dealkylation sites (N-methyl/N-ethyl adjacent to an activating group) is 1. The van der Waals surface area contributed by atoms with Crippen LogP contribution in [0.3, 0.4) is 0 Å². The summed E-state index contributed by atoms with van der Waals surface area (Å²) in [6.07, 6.45) is -0.267. The molecule has 2 atom stereocenters. The number of ketones is 1. The number of carbonyl (C=O) groups excluding carboxylic acids is 2. The molecular weight excluding hydrogens is 318 g/mol. The van der Waals surface area contributed by atoms with E-state index in [9.17, 15) is 18.0 Å². The molecule has 0 spiro atoms. The summed E-state index contributed by atoms with van der Waals surface area (Å²) in [5.41, 5.74) is 0.574. The fraction of sp³-hybridized carbons (Fsp3) is 0.500. The van der Waals surface area contributed by atoms with Crippen molar-refractivity contribution in [2.24, 2.45) is 0 Å². The number of nitrogens with zero attached hydrogens (tertiary/aromatic N) is 1. The second-order valence-electron chi connectivity index (χ2n) is 5.85. The summed E-state index contributed by atoms with van der Waals surface area (Å²) in [4.78, 5) is 25.1. The number of hydrogen-bond acceptors (Lipinski definition) is 5. The fourth-order valence-electron chi connectivity index (χ4n) is 2.57. The summed E-state index contributed by atoms with van der Waals surface area (Å²) in [6.45, 7) is 3.10. The van der Waals surface area contributed by atoms with Gasteiger partial charge in [0.25, 0.3) is 5.91 Å². The Morgan fingerprint density at radius 3 is 2.35 bits per heavy atom. The van der Waals surface area contributed by atoms with Gasteiger partial charge < -0.3 is 9.64 Å². The molecule has 0 bridgehead atoms. The predicted molar refractivity (Wildman–Crippen MR) is 86.4 cm³/mol. The van der Waals surface area contributed by atoms with E-state index in [1.165, 1.54) is 11.8 Å². The zero-order valence-corrected chi connectivity index (χ0v) is 14.3. The highest BCUT2D eigenvalue weighted by Crippen LogP contribution is 2.19. The first-order valence-electron chi connectivity index (χ1n) is 7.44. The second kappa shape index (κ2) is 6.70. The molecule has 1 fully saturated rings. The van der Waals surface area contributed by atoms with Crippen molar-refractivity contribution in [3.05, 3.63) is 29.8 Å². The molecule has 1 aromatic carbocycles. The Balaban J connectivity index is 1.98. The molecule has 0 aromatic heterocycles. The van der Waals surface area contributed by atoms with Crippen molar-refractivity contribution in [1.82, 2.24) is 4.90 Å². The van der Waals surface area contributed by atoms with Gasteiger partial charge in [-0.2, -0.15) is 0 Å². The van der Waals surface area contributed by atoms with Crippen molar-refractivity contribution in [2.45, 2.75) is 32.4 Å². The van der Waals surface area contributed by atoms with Crippen LogP contribution in [-0.2, 0) is 14.6 Å². The van der Waals surface area contributed by atoms with Crippen LogP contribution >= 0.6 is 0 Å². The molecule has 126 valence electrons. The minimum absolute atomic E-state index is 0.00919. The molecule has 2 rings (SSSR count). The van der Waals surface area contributed by atoms with Crippen LogP contribution in [0, 0.1) is 0 Å². The zero-order chi connectivity index (χ0) is 17.2. The van der Waals surface area contributed by atoms with E-state index in [0.29, 0.717) is 17.7 Å². The van der Waals surface area contributed by atoms with Gasteiger partial charge in [0.05, 0.1) is 11.5 Å². The minimum atomic E-state index is -3.04. The lowest BCUT2D eigenvalue weighted by molar-refractivity contribution is -0.138. The number of amides is 1. The van der Waals surface area contributed by atoms with Crippen molar-refractivity contribution >= 4 is 21.5 Å². The molecule has 1 saturated heterocycles. The number of rotatable bonds is 5. The SMILES string of the molecule is CC(=O)c1ccc(O[C@@H](C)C(=O)N(C)[C@@H]2CCS(=O)(=O)C2)cc1. The maximum Gasteiger partial charge on any atom is 0.263 e. The lowest BCUT2D eigenvalue weighted by atomic mass is 10.1. The van der Waals surface area contributed by atoms with Gasteiger partial charge in [-0.05, 0) is 44.5 Å². The monoisotopic (exact) mass is 339 g/mol. The standard InChI is InChI=1S/C16H21NO5S/c1-11(18)13-4-6-15(7-5-13)22-12(2)16(19)17(3)14-8-9-23(20,21)10-14/h4-7,12,14H,8-10H2,1-3H3/t12-,14+/m0/s1. The molecule has 1 aliphatic rings. The van der Waals surface area contributed by atoms with Gasteiger partial charge in [0.15, 0.2) is 21.7 Å². The van der Waals surface area contributed by atoms with Gasteiger partial charge in [0.2, 0.25) is 0 Å². The van der Waals surface area contributed by atoms with Crippen LogP contribution in [0.25, 0.3) is 0 Å².